The lowest BCUT2D eigenvalue weighted by atomic mass is 9.93. The van der Waals surface area contributed by atoms with Crippen LogP contribution >= 0.6 is 0 Å². The van der Waals surface area contributed by atoms with Crippen LogP contribution in [0.15, 0.2) is 0 Å². The summed E-state index contributed by atoms with van der Waals surface area (Å²) in [5, 5.41) is 3.85. The number of hydrogen-bond donors (Lipinski definition) is 1. The summed E-state index contributed by atoms with van der Waals surface area (Å²) in [6.07, 6.45) is 14.3. The quantitative estimate of drug-likeness (QED) is 0.703. The van der Waals surface area contributed by atoms with Gasteiger partial charge in [0.2, 0.25) is 0 Å². The molecule has 2 unspecified atom stereocenters. The van der Waals surface area contributed by atoms with Crippen LogP contribution in [0.1, 0.15) is 78.1 Å². The molecule has 20 heavy (non-hydrogen) atoms. The van der Waals surface area contributed by atoms with E-state index in [4.69, 9.17) is 0 Å². The van der Waals surface area contributed by atoms with Crippen molar-refractivity contribution in [3.63, 3.8) is 0 Å². The Balaban J connectivity index is 1.90. The molecular formula is C18H36N2. The third-order valence-electron chi connectivity index (χ3n) is 5.53. The molecule has 2 aliphatic carbocycles. The first-order chi connectivity index (χ1) is 9.85. The smallest absolute Gasteiger partial charge is 0.0107 e. The monoisotopic (exact) mass is 280 g/mol. The molecule has 2 saturated carbocycles. The topological polar surface area (TPSA) is 15.3 Å². The first-order valence-corrected chi connectivity index (χ1v) is 9.32. The molecule has 0 aromatic carbocycles. The fourth-order valence-corrected chi connectivity index (χ4v) is 4.31. The van der Waals surface area contributed by atoms with Crippen molar-refractivity contribution in [1.29, 1.82) is 0 Å². The van der Waals surface area contributed by atoms with Gasteiger partial charge in [-0.1, -0.05) is 46.0 Å². The molecule has 0 amide bonds. The molecular weight excluding hydrogens is 244 g/mol. The highest BCUT2D eigenvalue weighted by atomic mass is 15.2. The third-order valence-corrected chi connectivity index (χ3v) is 5.53. The zero-order valence-corrected chi connectivity index (χ0v) is 13.9. The van der Waals surface area contributed by atoms with E-state index in [9.17, 15) is 0 Å². The Morgan fingerprint density at radius 1 is 0.900 bits per heavy atom. The van der Waals surface area contributed by atoms with Gasteiger partial charge in [0.05, 0.1) is 0 Å². The van der Waals surface area contributed by atoms with Crippen LogP contribution in [0.2, 0.25) is 0 Å². The number of nitrogens with zero attached hydrogens (tertiary/aromatic N) is 1. The molecule has 118 valence electrons. The first kappa shape index (κ1) is 16.3. The van der Waals surface area contributed by atoms with E-state index in [0.717, 1.165) is 18.0 Å². The van der Waals surface area contributed by atoms with Crippen LogP contribution in [0.4, 0.5) is 0 Å². The summed E-state index contributed by atoms with van der Waals surface area (Å²) in [7, 11) is 0. The largest absolute Gasteiger partial charge is 0.314 e. The molecule has 2 nitrogen and oxygen atoms in total. The van der Waals surface area contributed by atoms with Crippen LogP contribution < -0.4 is 5.32 Å². The number of nitrogens with one attached hydrogen (secondary N) is 1. The summed E-state index contributed by atoms with van der Waals surface area (Å²) in [5.74, 6) is 0.893. The Morgan fingerprint density at radius 3 is 2.30 bits per heavy atom. The summed E-state index contributed by atoms with van der Waals surface area (Å²) in [4.78, 5) is 2.81. The second kappa shape index (κ2) is 9.04. The predicted octanol–water partition coefficient (Wildman–Crippen LogP) is 4.20. The van der Waals surface area contributed by atoms with Gasteiger partial charge in [0.1, 0.15) is 0 Å². The lowest BCUT2D eigenvalue weighted by molar-refractivity contribution is 0.152. The second-order valence-corrected chi connectivity index (χ2v) is 6.98. The lowest BCUT2D eigenvalue weighted by Gasteiger charge is -2.35. The van der Waals surface area contributed by atoms with Crippen molar-refractivity contribution in [1.82, 2.24) is 10.2 Å². The van der Waals surface area contributed by atoms with E-state index < -0.39 is 0 Å². The van der Waals surface area contributed by atoms with E-state index in [0.29, 0.717) is 0 Å². The lowest BCUT2D eigenvalue weighted by Crippen LogP contribution is -2.44. The van der Waals surface area contributed by atoms with Gasteiger partial charge in [0, 0.05) is 18.6 Å². The van der Waals surface area contributed by atoms with Crippen molar-refractivity contribution in [2.24, 2.45) is 5.92 Å². The molecule has 0 spiro atoms. The SMILES string of the molecule is CCCNC1CCCCCC1CN(CC)C1CCCC1. The van der Waals surface area contributed by atoms with Crippen molar-refractivity contribution in [3.8, 4) is 0 Å². The Bertz CT molecular complexity index is 248. The molecule has 0 aliphatic heterocycles. The minimum atomic E-state index is 0.785. The minimum Gasteiger partial charge on any atom is -0.314 e. The maximum absolute atomic E-state index is 3.85. The van der Waals surface area contributed by atoms with Crippen molar-refractivity contribution < 1.29 is 0 Å². The van der Waals surface area contributed by atoms with Crippen LogP contribution in [0.3, 0.4) is 0 Å². The predicted molar refractivity (Wildman–Crippen MR) is 88.2 cm³/mol. The van der Waals surface area contributed by atoms with Gasteiger partial charge >= 0.3 is 0 Å². The maximum atomic E-state index is 3.85. The maximum Gasteiger partial charge on any atom is 0.0107 e. The van der Waals surface area contributed by atoms with E-state index in [1.54, 1.807) is 0 Å². The Hall–Kier alpha value is -0.0800. The molecule has 0 bridgehead atoms. The van der Waals surface area contributed by atoms with Gasteiger partial charge in [0.25, 0.3) is 0 Å². The van der Waals surface area contributed by atoms with Crippen LogP contribution in [-0.2, 0) is 0 Å². The van der Waals surface area contributed by atoms with Gasteiger partial charge in [0.15, 0.2) is 0 Å². The summed E-state index contributed by atoms with van der Waals surface area (Å²) >= 11 is 0. The van der Waals surface area contributed by atoms with Crippen molar-refractivity contribution in [3.05, 3.63) is 0 Å². The zero-order valence-electron chi connectivity index (χ0n) is 13.9. The van der Waals surface area contributed by atoms with Gasteiger partial charge < -0.3 is 10.2 Å². The highest BCUT2D eigenvalue weighted by Crippen LogP contribution is 2.28. The van der Waals surface area contributed by atoms with Crippen LogP contribution in [0.25, 0.3) is 0 Å². The van der Waals surface area contributed by atoms with E-state index in [2.05, 4.69) is 24.1 Å². The van der Waals surface area contributed by atoms with E-state index in [1.165, 1.54) is 83.8 Å². The Morgan fingerprint density at radius 2 is 1.60 bits per heavy atom. The minimum absolute atomic E-state index is 0.785. The third kappa shape index (κ3) is 4.73. The van der Waals surface area contributed by atoms with Gasteiger partial charge in [-0.05, 0) is 51.1 Å². The van der Waals surface area contributed by atoms with Gasteiger partial charge in [-0.2, -0.15) is 0 Å². The summed E-state index contributed by atoms with van der Waals surface area (Å²) in [5.41, 5.74) is 0. The van der Waals surface area contributed by atoms with Crippen molar-refractivity contribution in [2.75, 3.05) is 19.6 Å². The summed E-state index contributed by atoms with van der Waals surface area (Å²) in [6, 6.07) is 1.68. The van der Waals surface area contributed by atoms with Crippen molar-refractivity contribution >= 4 is 0 Å². The molecule has 0 saturated heterocycles. The van der Waals surface area contributed by atoms with E-state index in [-0.39, 0.29) is 0 Å². The highest BCUT2D eigenvalue weighted by molar-refractivity contribution is 4.85. The Kier molecular flexibility index (Phi) is 7.37. The highest BCUT2D eigenvalue weighted by Gasteiger charge is 2.28. The van der Waals surface area contributed by atoms with Gasteiger partial charge in [-0.15, -0.1) is 0 Å². The summed E-state index contributed by atoms with van der Waals surface area (Å²) < 4.78 is 0. The molecule has 0 heterocycles. The van der Waals surface area contributed by atoms with Crippen LogP contribution in [0.5, 0.6) is 0 Å². The van der Waals surface area contributed by atoms with E-state index in [1.807, 2.05) is 0 Å². The molecule has 2 rings (SSSR count). The number of hydrogen-bond acceptors (Lipinski definition) is 2. The van der Waals surface area contributed by atoms with Crippen LogP contribution in [0, 0.1) is 5.92 Å². The fourth-order valence-electron chi connectivity index (χ4n) is 4.31. The molecule has 2 aliphatic rings. The second-order valence-electron chi connectivity index (χ2n) is 6.98. The average Bonchev–Trinajstić information content (AvgIpc) is 2.91. The fraction of sp³-hybridized carbons (Fsp3) is 1.00. The molecule has 2 fully saturated rings. The standard InChI is InChI=1S/C18H36N2/c1-3-14-19-18-13-7-5-6-10-16(18)15-20(4-2)17-11-8-9-12-17/h16-19H,3-15H2,1-2H3. The van der Waals surface area contributed by atoms with Gasteiger partial charge in [-0.3, -0.25) is 0 Å². The molecule has 2 heteroatoms. The molecule has 0 aromatic rings. The number of rotatable bonds is 7. The molecule has 0 aromatic heterocycles. The Labute approximate surface area is 126 Å². The molecule has 1 N–H and O–H groups in total. The summed E-state index contributed by atoms with van der Waals surface area (Å²) in [6.45, 7) is 8.46. The normalized spacial score (nSPS) is 28.9. The van der Waals surface area contributed by atoms with E-state index >= 15 is 0 Å². The zero-order chi connectivity index (χ0) is 14.2. The van der Waals surface area contributed by atoms with Crippen molar-refractivity contribution in [2.45, 2.75) is 90.1 Å². The molecule has 2 atom stereocenters. The average molecular weight is 280 g/mol. The molecule has 0 radical (unpaired) electrons. The van der Waals surface area contributed by atoms with Gasteiger partial charge in [-0.25, -0.2) is 0 Å². The first-order valence-electron chi connectivity index (χ1n) is 9.32. The van der Waals surface area contributed by atoms with Crippen LogP contribution in [-0.4, -0.2) is 36.6 Å².